The first kappa shape index (κ1) is 16.9. The first-order chi connectivity index (χ1) is 13.6. The van der Waals surface area contributed by atoms with Crippen molar-refractivity contribution in [1.82, 2.24) is 14.2 Å². The molecular weight excluding hydrogens is 360 g/mol. The fourth-order valence-corrected chi connectivity index (χ4v) is 3.90. The summed E-state index contributed by atoms with van der Waals surface area (Å²) in [6.45, 7) is 2.29. The molecule has 1 aliphatic heterocycles. The third-order valence-corrected chi connectivity index (χ3v) is 5.34. The fraction of sp³-hybridized carbons (Fsp3) is 0.350. The van der Waals surface area contributed by atoms with Crippen LogP contribution in [0.5, 0.6) is 11.5 Å². The number of carbonyl (C=O) groups excluding carboxylic acids is 1. The molecule has 0 spiro atoms. The van der Waals surface area contributed by atoms with Crippen molar-refractivity contribution in [3.63, 3.8) is 0 Å². The van der Waals surface area contributed by atoms with E-state index in [0.717, 1.165) is 30.5 Å². The number of hydrogen-bond acceptors (Lipinski definition) is 5. The van der Waals surface area contributed by atoms with Crippen LogP contribution in [0.1, 0.15) is 24.6 Å². The van der Waals surface area contributed by atoms with E-state index >= 15 is 0 Å². The quantitative estimate of drug-likeness (QED) is 0.751. The number of fused-ring (bicyclic) bond motifs is 4. The Bertz CT molecular complexity index is 1150. The molecule has 3 aromatic rings. The van der Waals surface area contributed by atoms with Gasteiger partial charge in [-0.05, 0) is 37.3 Å². The number of carbonyl (C=O) groups is 1. The van der Waals surface area contributed by atoms with Crippen molar-refractivity contribution in [3.8, 4) is 11.5 Å². The number of rotatable bonds is 3. The van der Waals surface area contributed by atoms with Crippen LogP contribution >= 0.6 is 0 Å². The van der Waals surface area contributed by atoms with Crippen molar-refractivity contribution in [2.45, 2.75) is 32.7 Å². The average molecular weight is 380 g/mol. The third-order valence-electron chi connectivity index (χ3n) is 5.34. The lowest BCUT2D eigenvalue weighted by molar-refractivity contribution is -0.116. The van der Waals surface area contributed by atoms with Gasteiger partial charge in [-0.25, -0.2) is 4.52 Å². The van der Waals surface area contributed by atoms with Gasteiger partial charge < -0.3 is 19.4 Å². The molecule has 2 aromatic heterocycles. The summed E-state index contributed by atoms with van der Waals surface area (Å²) in [5.41, 5.74) is 3.01. The Hall–Kier alpha value is -3.29. The van der Waals surface area contributed by atoms with E-state index in [1.165, 1.54) is 4.57 Å². The van der Waals surface area contributed by atoms with Gasteiger partial charge in [0, 0.05) is 29.7 Å². The van der Waals surface area contributed by atoms with E-state index in [1.807, 2.05) is 0 Å². The predicted molar refractivity (Wildman–Crippen MR) is 102 cm³/mol. The molecule has 1 N–H and O–H groups in total. The number of benzene rings is 1. The maximum absolute atomic E-state index is 13.0. The largest absolute Gasteiger partial charge is 0.454 e. The number of ether oxygens (including phenoxy) is 2. The third kappa shape index (κ3) is 2.81. The van der Waals surface area contributed by atoms with Crippen molar-refractivity contribution < 1.29 is 14.3 Å². The van der Waals surface area contributed by atoms with Gasteiger partial charge in [-0.1, -0.05) is 6.92 Å². The monoisotopic (exact) mass is 380 g/mol. The molecule has 1 amide bonds. The Morgan fingerprint density at radius 2 is 2.14 bits per heavy atom. The summed E-state index contributed by atoms with van der Waals surface area (Å²) in [5.74, 6) is 1.49. The molecule has 0 bridgehead atoms. The van der Waals surface area contributed by atoms with E-state index in [4.69, 9.17) is 9.47 Å². The second-order valence-corrected chi connectivity index (χ2v) is 7.41. The summed E-state index contributed by atoms with van der Waals surface area (Å²) in [6, 6.07) is 5.20. The Labute approximate surface area is 160 Å². The summed E-state index contributed by atoms with van der Waals surface area (Å²) in [4.78, 5) is 25.5. The standard InChI is InChI=1S/C20H20N4O4/c1-12-2-4-15-14(8-12)19-20(26)23(6-7-24(19)22-15)10-18(25)21-13-3-5-16-17(9-13)28-11-27-16/h3,5-7,9,12H,2,4,8,10-11H2,1H3,(H,21,25). The topological polar surface area (TPSA) is 86.9 Å². The maximum atomic E-state index is 13.0. The number of amides is 1. The van der Waals surface area contributed by atoms with Gasteiger partial charge in [-0.15, -0.1) is 0 Å². The van der Waals surface area contributed by atoms with Gasteiger partial charge in [-0.3, -0.25) is 9.59 Å². The number of anilines is 1. The Balaban J connectivity index is 1.40. The fourth-order valence-electron chi connectivity index (χ4n) is 3.90. The van der Waals surface area contributed by atoms with Gasteiger partial charge in [0.05, 0.1) is 5.69 Å². The smallest absolute Gasteiger partial charge is 0.277 e. The first-order valence-electron chi connectivity index (χ1n) is 9.37. The van der Waals surface area contributed by atoms with Crippen LogP contribution in [0.3, 0.4) is 0 Å². The highest BCUT2D eigenvalue weighted by molar-refractivity contribution is 5.91. The first-order valence-corrected chi connectivity index (χ1v) is 9.37. The summed E-state index contributed by atoms with van der Waals surface area (Å²) in [7, 11) is 0. The maximum Gasteiger partial charge on any atom is 0.277 e. The van der Waals surface area contributed by atoms with E-state index in [1.54, 1.807) is 35.1 Å². The van der Waals surface area contributed by atoms with Gasteiger partial charge in [0.25, 0.3) is 5.56 Å². The zero-order valence-corrected chi connectivity index (χ0v) is 15.5. The lowest BCUT2D eigenvalue weighted by Crippen LogP contribution is -2.28. The molecule has 28 heavy (non-hydrogen) atoms. The number of nitrogens with zero attached hydrogens (tertiary/aromatic N) is 3. The Kier molecular flexibility index (Phi) is 3.85. The van der Waals surface area contributed by atoms with Crippen LogP contribution in [-0.4, -0.2) is 26.9 Å². The van der Waals surface area contributed by atoms with E-state index in [2.05, 4.69) is 17.3 Å². The zero-order chi connectivity index (χ0) is 19.3. The molecule has 1 unspecified atom stereocenters. The minimum atomic E-state index is -0.285. The van der Waals surface area contributed by atoms with E-state index < -0.39 is 0 Å². The molecule has 0 saturated carbocycles. The number of nitrogens with one attached hydrogen (secondary N) is 1. The van der Waals surface area contributed by atoms with Crippen LogP contribution in [0.25, 0.3) is 5.52 Å². The van der Waals surface area contributed by atoms with Gasteiger partial charge in [0.15, 0.2) is 11.5 Å². The van der Waals surface area contributed by atoms with Gasteiger partial charge in [0.1, 0.15) is 12.1 Å². The molecule has 144 valence electrons. The highest BCUT2D eigenvalue weighted by Gasteiger charge is 2.23. The van der Waals surface area contributed by atoms with Crippen LogP contribution in [0.4, 0.5) is 5.69 Å². The van der Waals surface area contributed by atoms with Crippen molar-refractivity contribution in [2.24, 2.45) is 5.92 Å². The van der Waals surface area contributed by atoms with Crippen LogP contribution in [0.2, 0.25) is 0 Å². The Morgan fingerprint density at radius 3 is 3.04 bits per heavy atom. The second-order valence-electron chi connectivity index (χ2n) is 7.41. The summed E-state index contributed by atoms with van der Waals surface area (Å²) in [5, 5.41) is 7.35. The van der Waals surface area contributed by atoms with Crippen LogP contribution < -0.4 is 20.3 Å². The number of aromatic nitrogens is 3. The Morgan fingerprint density at radius 1 is 1.29 bits per heavy atom. The van der Waals surface area contributed by atoms with Crippen molar-refractivity contribution in [1.29, 1.82) is 0 Å². The van der Waals surface area contributed by atoms with E-state index in [0.29, 0.717) is 28.6 Å². The molecule has 0 fully saturated rings. The predicted octanol–water partition coefficient (Wildman–Crippen LogP) is 1.99. The molecule has 3 heterocycles. The number of hydrogen-bond donors (Lipinski definition) is 1. The van der Waals surface area contributed by atoms with E-state index in [-0.39, 0.29) is 24.8 Å². The lowest BCUT2D eigenvalue weighted by atomic mass is 9.88. The highest BCUT2D eigenvalue weighted by Crippen LogP contribution is 2.34. The van der Waals surface area contributed by atoms with Gasteiger partial charge >= 0.3 is 0 Å². The summed E-state index contributed by atoms with van der Waals surface area (Å²) < 4.78 is 13.7. The van der Waals surface area contributed by atoms with Crippen LogP contribution in [0.15, 0.2) is 35.4 Å². The normalized spacial score (nSPS) is 17.5. The molecular formula is C20H20N4O4. The lowest BCUT2D eigenvalue weighted by Gasteiger charge is -2.16. The molecule has 8 heteroatoms. The molecule has 1 aromatic carbocycles. The van der Waals surface area contributed by atoms with Crippen molar-refractivity contribution >= 4 is 17.1 Å². The van der Waals surface area contributed by atoms with Crippen molar-refractivity contribution in [2.75, 3.05) is 12.1 Å². The van der Waals surface area contributed by atoms with Gasteiger partial charge in [0.2, 0.25) is 12.7 Å². The highest BCUT2D eigenvalue weighted by atomic mass is 16.7. The average Bonchev–Trinajstić information content (AvgIpc) is 3.27. The van der Waals surface area contributed by atoms with Crippen LogP contribution in [-0.2, 0) is 24.2 Å². The zero-order valence-electron chi connectivity index (χ0n) is 15.5. The van der Waals surface area contributed by atoms with Gasteiger partial charge in [-0.2, -0.15) is 5.10 Å². The minimum Gasteiger partial charge on any atom is -0.454 e. The minimum absolute atomic E-state index is 0.0702. The SMILES string of the molecule is CC1CCc2nn3ccn(CC(=O)Nc4ccc5c(c4)OCO5)c(=O)c3c2C1. The van der Waals surface area contributed by atoms with Crippen molar-refractivity contribution in [3.05, 3.63) is 52.2 Å². The summed E-state index contributed by atoms with van der Waals surface area (Å²) >= 11 is 0. The molecule has 1 atom stereocenters. The second kappa shape index (κ2) is 6.40. The number of aryl methyl sites for hydroxylation is 1. The molecule has 5 rings (SSSR count). The molecule has 8 nitrogen and oxygen atoms in total. The van der Waals surface area contributed by atoms with E-state index in [9.17, 15) is 9.59 Å². The molecule has 0 saturated heterocycles. The molecule has 0 radical (unpaired) electrons. The molecule has 1 aliphatic carbocycles. The molecule has 2 aliphatic rings. The summed E-state index contributed by atoms with van der Waals surface area (Å²) in [6.07, 6.45) is 6.18. The van der Waals surface area contributed by atoms with Crippen LogP contribution in [0, 0.1) is 5.92 Å².